The zero-order valence-corrected chi connectivity index (χ0v) is 12.7. The molecule has 0 aromatic carbocycles. The summed E-state index contributed by atoms with van der Waals surface area (Å²) in [6.07, 6.45) is 1.43. The molecule has 0 spiro atoms. The van der Waals surface area contributed by atoms with Crippen molar-refractivity contribution in [3.05, 3.63) is 11.8 Å². The van der Waals surface area contributed by atoms with E-state index in [2.05, 4.69) is 25.8 Å². The van der Waals surface area contributed by atoms with Crippen LogP contribution in [0.1, 0.15) is 0 Å². The number of amides is 1. The summed E-state index contributed by atoms with van der Waals surface area (Å²) in [6.45, 7) is 6.10. The number of amidine groups is 1. The van der Waals surface area contributed by atoms with Crippen molar-refractivity contribution in [1.29, 1.82) is 5.26 Å². The van der Waals surface area contributed by atoms with Gasteiger partial charge in [-0.1, -0.05) is 11.8 Å². The van der Waals surface area contributed by atoms with Gasteiger partial charge in [-0.2, -0.15) is 5.26 Å². The number of rotatable bonds is 5. The average Bonchev–Trinajstić information content (AvgIpc) is 3.02. The van der Waals surface area contributed by atoms with Crippen molar-refractivity contribution < 1.29 is 4.79 Å². The number of piperazine rings is 1. The Balaban J connectivity index is 1.71. The predicted octanol–water partition coefficient (Wildman–Crippen LogP) is -0.892. The molecule has 1 saturated heterocycles. The summed E-state index contributed by atoms with van der Waals surface area (Å²) < 4.78 is 0. The first kappa shape index (κ1) is 15.8. The Labute approximate surface area is 128 Å². The van der Waals surface area contributed by atoms with Crippen molar-refractivity contribution in [2.45, 2.75) is 0 Å². The molecule has 0 bridgehead atoms. The van der Waals surface area contributed by atoms with Crippen molar-refractivity contribution in [2.24, 2.45) is 4.99 Å². The lowest BCUT2D eigenvalue weighted by atomic mass is 10.3. The maximum Gasteiger partial charge on any atom is 0.263 e. The summed E-state index contributed by atoms with van der Waals surface area (Å²) in [5, 5.41) is 18.8. The molecule has 0 radical (unpaired) electrons. The van der Waals surface area contributed by atoms with Crippen LogP contribution in [0, 0.1) is 11.3 Å². The van der Waals surface area contributed by atoms with Gasteiger partial charge < -0.3 is 16.0 Å². The van der Waals surface area contributed by atoms with Crippen molar-refractivity contribution in [3.63, 3.8) is 0 Å². The van der Waals surface area contributed by atoms with E-state index in [0.717, 1.165) is 50.2 Å². The molecule has 0 aromatic heterocycles. The molecule has 21 heavy (non-hydrogen) atoms. The highest BCUT2D eigenvalue weighted by atomic mass is 32.2. The zero-order valence-electron chi connectivity index (χ0n) is 11.9. The maximum atomic E-state index is 11.9. The third-order valence-electron chi connectivity index (χ3n) is 3.21. The highest BCUT2D eigenvalue weighted by molar-refractivity contribution is 8.14. The summed E-state index contributed by atoms with van der Waals surface area (Å²) in [6, 6.07) is 1.91. The van der Waals surface area contributed by atoms with Crippen molar-refractivity contribution >= 4 is 22.8 Å². The molecule has 8 heteroatoms. The quantitative estimate of drug-likeness (QED) is 0.451. The number of nitrogens with one attached hydrogen (secondary N) is 3. The van der Waals surface area contributed by atoms with Gasteiger partial charge in [0, 0.05) is 51.2 Å². The Morgan fingerprint density at radius 3 is 3.00 bits per heavy atom. The van der Waals surface area contributed by atoms with Gasteiger partial charge in [0.1, 0.15) is 11.6 Å². The van der Waals surface area contributed by atoms with E-state index >= 15 is 0 Å². The van der Waals surface area contributed by atoms with Crippen LogP contribution in [-0.4, -0.2) is 67.5 Å². The van der Waals surface area contributed by atoms with Gasteiger partial charge in [0.25, 0.3) is 5.91 Å². The number of thioether (sulfide) groups is 1. The van der Waals surface area contributed by atoms with Gasteiger partial charge in [0.05, 0.1) is 6.54 Å². The summed E-state index contributed by atoms with van der Waals surface area (Å²) in [4.78, 5) is 18.4. The summed E-state index contributed by atoms with van der Waals surface area (Å²) in [5.74, 6) is 0.596. The van der Waals surface area contributed by atoms with Crippen molar-refractivity contribution in [3.8, 4) is 6.07 Å². The molecule has 2 rings (SSSR count). The van der Waals surface area contributed by atoms with Gasteiger partial charge in [0.15, 0.2) is 5.17 Å². The van der Waals surface area contributed by atoms with E-state index in [1.807, 2.05) is 6.07 Å². The molecule has 0 unspecified atom stereocenters. The second kappa shape index (κ2) is 8.67. The lowest BCUT2D eigenvalue weighted by Gasteiger charge is -2.27. The molecular weight excluding hydrogens is 288 g/mol. The smallest absolute Gasteiger partial charge is 0.263 e. The monoisotopic (exact) mass is 308 g/mol. The fourth-order valence-corrected chi connectivity index (χ4v) is 2.76. The summed E-state index contributed by atoms with van der Waals surface area (Å²) in [5.41, 5.74) is 0.0745. The predicted molar refractivity (Wildman–Crippen MR) is 83.9 cm³/mol. The van der Waals surface area contributed by atoms with Crippen LogP contribution >= 0.6 is 11.8 Å². The SMILES string of the molecule is N#C/C(=C/NC1=NCCS1)C(=O)NCCN1CCNCC1. The molecule has 1 fully saturated rings. The minimum absolute atomic E-state index is 0.0745. The van der Waals surface area contributed by atoms with Crippen molar-refractivity contribution in [1.82, 2.24) is 20.9 Å². The first-order valence-corrected chi connectivity index (χ1v) is 8.03. The lowest BCUT2D eigenvalue weighted by Crippen LogP contribution is -2.46. The van der Waals surface area contributed by atoms with E-state index in [4.69, 9.17) is 5.26 Å². The van der Waals surface area contributed by atoms with Gasteiger partial charge in [-0.15, -0.1) is 0 Å². The second-order valence-corrected chi connectivity index (χ2v) is 5.78. The summed E-state index contributed by atoms with van der Waals surface area (Å²) >= 11 is 1.58. The van der Waals surface area contributed by atoms with E-state index in [9.17, 15) is 4.79 Å². The van der Waals surface area contributed by atoms with Gasteiger partial charge in [-0.3, -0.25) is 14.7 Å². The fourth-order valence-electron chi connectivity index (χ4n) is 2.06. The normalized spacial score (nSPS) is 19.8. The van der Waals surface area contributed by atoms with Crippen LogP contribution in [0.5, 0.6) is 0 Å². The maximum absolute atomic E-state index is 11.9. The van der Waals surface area contributed by atoms with E-state index in [-0.39, 0.29) is 11.5 Å². The third kappa shape index (κ3) is 5.38. The molecule has 0 aromatic rings. The number of carbonyl (C=O) groups excluding carboxylic acids is 1. The highest BCUT2D eigenvalue weighted by Crippen LogP contribution is 2.08. The molecule has 3 N–H and O–H groups in total. The van der Waals surface area contributed by atoms with E-state index in [0.29, 0.717) is 6.54 Å². The van der Waals surface area contributed by atoms with Crippen LogP contribution in [0.15, 0.2) is 16.8 Å². The lowest BCUT2D eigenvalue weighted by molar-refractivity contribution is -0.117. The number of nitriles is 1. The fraction of sp³-hybridized carbons (Fsp3) is 0.615. The number of aliphatic imine (C=N–C) groups is 1. The minimum atomic E-state index is -0.344. The van der Waals surface area contributed by atoms with E-state index < -0.39 is 0 Å². The topological polar surface area (TPSA) is 92.5 Å². The number of hydrogen-bond donors (Lipinski definition) is 3. The Hall–Kier alpha value is -1.56. The van der Waals surface area contributed by atoms with E-state index in [1.165, 1.54) is 6.20 Å². The van der Waals surface area contributed by atoms with Gasteiger partial charge in [-0.25, -0.2) is 0 Å². The number of carbonyl (C=O) groups is 1. The molecular formula is C13H20N6OS. The van der Waals surface area contributed by atoms with Crippen LogP contribution in [0.3, 0.4) is 0 Å². The first-order chi connectivity index (χ1) is 10.3. The standard InChI is InChI=1S/C13H20N6OS/c14-9-11(10-18-13-17-4-8-21-13)12(20)16-3-7-19-5-1-15-2-6-19/h10,15H,1-8H2,(H,16,20)(H,17,18)/b11-10-. The van der Waals surface area contributed by atoms with Crippen LogP contribution in [-0.2, 0) is 4.79 Å². The molecule has 7 nitrogen and oxygen atoms in total. The average molecular weight is 308 g/mol. The summed E-state index contributed by atoms with van der Waals surface area (Å²) in [7, 11) is 0. The molecule has 1 amide bonds. The molecule has 114 valence electrons. The zero-order chi connectivity index (χ0) is 14.9. The van der Waals surface area contributed by atoms with Crippen LogP contribution in [0.4, 0.5) is 0 Å². The largest absolute Gasteiger partial charge is 0.350 e. The molecule has 2 aliphatic rings. The van der Waals surface area contributed by atoms with Gasteiger partial charge in [-0.05, 0) is 0 Å². The van der Waals surface area contributed by atoms with Gasteiger partial charge >= 0.3 is 0 Å². The van der Waals surface area contributed by atoms with Crippen LogP contribution < -0.4 is 16.0 Å². The Morgan fingerprint density at radius 1 is 1.52 bits per heavy atom. The molecule has 0 aliphatic carbocycles. The number of nitrogens with zero attached hydrogens (tertiary/aromatic N) is 3. The molecule has 2 aliphatic heterocycles. The third-order valence-corrected chi connectivity index (χ3v) is 4.12. The first-order valence-electron chi connectivity index (χ1n) is 7.05. The van der Waals surface area contributed by atoms with Crippen LogP contribution in [0.2, 0.25) is 0 Å². The Morgan fingerprint density at radius 2 is 2.33 bits per heavy atom. The van der Waals surface area contributed by atoms with Gasteiger partial charge in [0.2, 0.25) is 0 Å². The molecule has 2 heterocycles. The van der Waals surface area contributed by atoms with E-state index in [1.54, 1.807) is 11.8 Å². The number of hydrogen-bond acceptors (Lipinski definition) is 7. The second-order valence-electron chi connectivity index (χ2n) is 4.70. The Bertz CT molecular complexity index is 464. The van der Waals surface area contributed by atoms with Crippen LogP contribution in [0.25, 0.3) is 0 Å². The molecule has 0 atom stereocenters. The van der Waals surface area contributed by atoms with Crippen molar-refractivity contribution in [2.75, 3.05) is 51.6 Å². The minimum Gasteiger partial charge on any atom is -0.350 e. The molecule has 0 saturated carbocycles. The Kier molecular flexibility index (Phi) is 6.53. The highest BCUT2D eigenvalue weighted by Gasteiger charge is 2.12.